The fraction of sp³-hybridized carbons (Fsp3) is 0.250. The number of fused-ring (bicyclic) bond motifs is 4. The molecule has 5 heteroatoms. The minimum Gasteiger partial charge on any atom is -0.458 e. The van der Waals surface area contributed by atoms with E-state index < -0.39 is 0 Å². The number of hydrogen-bond donors (Lipinski definition) is 1. The van der Waals surface area contributed by atoms with Gasteiger partial charge in [-0.1, -0.05) is 68.6 Å². The molecule has 0 unspecified atom stereocenters. The Morgan fingerprint density at radius 1 is 0.784 bits per heavy atom. The van der Waals surface area contributed by atoms with Crippen molar-refractivity contribution in [3.05, 3.63) is 89.0 Å². The Bertz CT molecular complexity index is 1540. The van der Waals surface area contributed by atoms with E-state index in [2.05, 4.69) is 124 Å². The summed E-state index contributed by atoms with van der Waals surface area (Å²) in [7, 11) is 0. The van der Waals surface area contributed by atoms with E-state index in [0.29, 0.717) is 0 Å². The average molecular weight is 505 g/mol. The first-order chi connectivity index (χ1) is 17.7. The molecule has 0 spiro atoms. The van der Waals surface area contributed by atoms with E-state index in [-0.39, 0.29) is 12.1 Å². The second-order valence-corrected chi connectivity index (χ2v) is 12.0. The highest BCUT2D eigenvalue weighted by atomic mass is 32.2. The molecule has 6 rings (SSSR count). The van der Waals surface area contributed by atoms with Crippen LogP contribution in [0.3, 0.4) is 0 Å². The van der Waals surface area contributed by atoms with E-state index in [9.17, 15) is 0 Å². The molecule has 0 amide bonds. The van der Waals surface area contributed by atoms with Gasteiger partial charge in [-0.3, -0.25) is 0 Å². The summed E-state index contributed by atoms with van der Waals surface area (Å²) in [5.74, 6) is 1.92. The maximum absolute atomic E-state index is 6.57. The van der Waals surface area contributed by atoms with Gasteiger partial charge >= 0.3 is 0 Å². The molecule has 3 nitrogen and oxygen atoms in total. The molecule has 0 bridgehead atoms. The zero-order valence-electron chi connectivity index (χ0n) is 22.7. The molecule has 2 aliphatic heterocycles. The van der Waals surface area contributed by atoms with Crippen LogP contribution in [0, 0.1) is 20.8 Å². The molecule has 4 aromatic carbocycles. The van der Waals surface area contributed by atoms with Gasteiger partial charge in [0.05, 0.1) is 0 Å². The Morgan fingerprint density at radius 2 is 1.54 bits per heavy atom. The third-order valence-corrected chi connectivity index (χ3v) is 8.04. The number of nitrogens with zero attached hydrogens (tertiary/aromatic N) is 1. The van der Waals surface area contributed by atoms with Crippen LogP contribution in [0.1, 0.15) is 43.0 Å². The highest BCUT2D eigenvalue weighted by molar-refractivity contribution is 7.99. The highest BCUT2D eigenvalue weighted by Crippen LogP contribution is 2.43. The Morgan fingerprint density at radius 3 is 2.24 bits per heavy atom. The predicted molar refractivity (Wildman–Crippen MR) is 162 cm³/mol. The van der Waals surface area contributed by atoms with Crippen molar-refractivity contribution < 1.29 is 4.74 Å². The quantitative estimate of drug-likeness (QED) is 0.207. The minimum atomic E-state index is 0.105. The van der Waals surface area contributed by atoms with Crippen LogP contribution in [0.25, 0.3) is 0 Å². The number of benzene rings is 4. The Hall–Kier alpha value is -3.31. The molecule has 0 aromatic heterocycles. The number of ether oxygens (including phenoxy) is 1. The molecule has 4 aromatic rings. The fourth-order valence-corrected chi connectivity index (χ4v) is 6.21. The van der Waals surface area contributed by atoms with Crippen LogP contribution >= 0.6 is 11.9 Å². The lowest BCUT2D eigenvalue weighted by Crippen LogP contribution is -2.59. The summed E-state index contributed by atoms with van der Waals surface area (Å²) in [6.45, 7) is 13.4. The second-order valence-electron chi connectivity index (χ2n) is 11.4. The van der Waals surface area contributed by atoms with E-state index in [1.54, 1.807) is 11.9 Å². The molecule has 0 radical (unpaired) electrons. The van der Waals surface area contributed by atoms with E-state index in [4.69, 9.17) is 4.74 Å². The van der Waals surface area contributed by atoms with Crippen molar-refractivity contribution in [2.75, 3.05) is 15.9 Å². The van der Waals surface area contributed by atoms with Gasteiger partial charge in [0.1, 0.15) is 11.5 Å². The maximum atomic E-state index is 6.57. The summed E-state index contributed by atoms with van der Waals surface area (Å²) < 4.78 is 10.1. The lowest BCUT2D eigenvalue weighted by atomic mass is 9.34. The fourth-order valence-electron chi connectivity index (χ4n) is 5.77. The second kappa shape index (κ2) is 8.63. The largest absolute Gasteiger partial charge is 0.458 e. The third kappa shape index (κ3) is 3.92. The van der Waals surface area contributed by atoms with Crippen molar-refractivity contribution in [3.8, 4) is 11.5 Å². The van der Waals surface area contributed by atoms with E-state index >= 15 is 0 Å². The zero-order valence-corrected chi connectivity index (χ0v) is 23.5. The normalized spacial score (nSPS) is 13.5. The minimum absolute atomic E-state index is 0.105. The zero-order chi connectivity index (χ0) is 26.1. The molecule has 37 heavy (non-hydrogen) atoms. The smallest absolute Gasteiger partial charge is 0.256 e. The first-order valence-corrected chi connectivity index (χ1v) is 14.2. The summed E-state index contributed by atoms with van der Waals surface area (Å²) in [5.41, 5.74) is 13.7. The third-order valence-electron chi connectivity index (χ3n) is 7.62. The van der Waals surface area contributed by atoms with Gasteiger partial charge in [-0.2, -0.15) is 0 Å². The lowest BCUT2D eigenvalue weighted by Gasteiger charge is -2.41. The van der Waals surface area contributed by atoms with Crippen molar-refractivity contribution in [2.24, 2.45) is 0 Å². The van der Waals surface area contributed by atoms with Crippen LogP contribution in [-0.4, -0.2) is 13.0 Å². The number of rotatable bonds is 3. The molecule has 2 heterocycles. The number of hydrogen-bond acceptors (Lipinski definition) is 4. The topological polar surface area (TPSA) is 24.5 Å². The summed E-state index contributed by atoms with van der Waals surface area (Å²) in [6, 6.07) is 24.9. The molecule has 0 saturated heterocycles. The van der Waals surface area contributed by atoms with Crippen molar-refractivity contribution in [1.82, 2.24) is 0 Å². The van der Waals surface area contributed by atoms with Gasteiger partial charge < -0.3 is 14.4 Å². The van der Waals surface area contributed by atoms with Crippen LogP contribution in [0.5, 0.6) is 11.5 Å². The highest BCUT2D eigenvalue weighted by Gasteiger charge is 2.42. The predicted octanol–water partition coefficient (Wildman–Crippen LogP) is 7.00. The molecule has 1 N–H and O–H groups in total. The Balaban J connectivity index is 1.66. The van der Waals surface area contributed by atoms with Crippen molar-refractivity contribution in [1.29, 1.82) is 0 Å². The molecule has 0 aliphatic carbocycles. The Kier molecular flexibility index (Phi) is 5.61. The van der Waals surface area contributed by atoms with Gasteiger partial charge in [0, 0.05) is 29.0 Å². The maximum Gasteiger partial charge on any atom is 0.256 e. The molecule has 0 saturated carbocycles. The number of nitrogens with one attached hydrogen (secondary N) is 1. The number of aryl methyl sites for hydroxylation is 3. The molecule has 186 valence electrons. The van der Waals surface area contributed by atoms with E-state index in [0.717, 1.165) is 22.9 Å². The van der Waals surface area contributed by atoms with Crippen LogP contribution in [0.4, 0.5) is 22.7 Å². The molecule has 0 fully saturated rings. The van der Waals surface area contributed by atoms with Crippen LogP contribution in [0.2, 0.25) is 0 Å². The summed E-state index contributed by atoms with van der Waals surface area (Å²) >= 11 is 1.63. The van der Waals surface area contributed by atoms with Gasteiger partial charge in [-0.25, -0.2) is 0 Å². The van der Waals surface area contributed by atoms with Crippen LogP contribution in [0.15, 0.2) is 66.7 Å². The first kappa shape index (κ1) is 24.1. The van der Waals surface area contributed by atoms with Gasteiger partial charge in [0.15, 0.2) is 0 Å². The summed E-state index contributed by atoms with van der Waals surface area (Å²) in [6.07, 6.45) is 2.07. The molecule has 0 atom stereocenters. The monoisotopic (exact) mass is 504 g/mol. The van der Waals surface area contributed by atoms with E-state index in [1.165, 1.54) is 50.0 Å². The van der Waals surface area contributed by atoms with Gasteiger partial charge in [-0.05, 0) is 95.7 Å². The van der Waals surface area contributed by atoms with Crippen molar-refractivity contribution >= 4 is 57.8 Å². The van der Waals surface area contributed by atoms with Crippen LogP contribution < -0.4 is 30.7 Å². The average Bonchev–Trinajstić information content (AvgIpc) is 2.84. The first-order valence-electron chi connectivity index (χ1n) is 12.9. The lowest BCUT2D eigenvalue weighted by molar-refractivity contribution is 0.487. The Labute approximate surface area is 225 Å². The summed E-state index contributed by atoms with van der Waals surface area (Å²) in [5, 5.41) is 0. The molecule has 2 aliphatic rings. The SMILES string of the molecule is CSNc1cc2c(cc1C)B1c3cc(C)ccc3Oc3cc(C)cc(c31)N2c1ccc(C(C)(C)C)cc1. The van der Waals surface area contributed by atoms with Crippen molar-refractivity contribution in [3.63, 3.8) is 0 Å². The standard InChI is InChI=1S/C32H33BN2OS/c1-19-8-13-29-25(14-19)33-24-17-21(3)26(34-37-7)18-27(24)35(23-11-9-22(10-12-23)32(4,5)6)28-15-20(2)16-30(36-29)31(28)33/h8-18,34H,1-7H3. The van der Waals surface area contributed by atoms with E-state index in [1.807, 2.05) is 0 Å². The molecular formula is C32H33BN2OS. The summed E-state index contributed by atoms with van der Waals surface area (Å²) in [4.78, 5) is 2.43. The van der Waals surface area contributed by atoms with Gasteiger partial charge in [0.25, 0.3) is 6.71 Å². The van der Waals surface area contributed by atoms with Crippen LogP contribution in [-0.2, 0) is 5.41 Å². The van der Waals surface area contributed by atoms with Gasteiger partial charge in [0.2, 0.25) is 0 Å². The molecular weight excluding hydrogens is 471 g/mol. The van der Waals surface area contributed by atoms with Gasteiger partial charge in [-0.15, -0.1) is 0 Å². The number of anilines is 4. The van der Waals surface area contributed by atoms with Crippen molar-refractivity contribution in [2.45, 2.75) is 47.0 Å².